The number of hydrogen-bond donors (Lipinski definition) is 2. The first-order chi connectivity index (χ1) is 8.33. The molecule has 2 N–H and O–H groups in total. The van der Waals surface area contributed by atoms with Crippen molar-refractivity contribution in [3.8, 4) is 0 Å². The van der Waals surface area contributed by atoms with Crippen molar-refractivity contribution in [2.45, 2.75) is 63.6 Å². The summed E-state index contributed by atoms with van der Waals surface area (Å²) < 4.78 is 0. The highest BCUT2D eigenvalue weighted by molar-refractivity contribution is 7.12. The van der Waals surface area contributed by atoms with Gasteiger partial charge in [0.25, 0.3) is 0 Å². The molecule has 0 aliphatic heterocycles. The summed E-state index contributed by atoms with van der Waals surface area (Å²) in [5.74, 6) is 0. The first-order valence-electron chi connectivity index (χ1n) is 6.85. The van der Waals surface area contributed by atoms with Gasteiger partial charge in [0.2, 0.25) is 0 Å². The Balaban J connectivity index is 1.56. The van der Waals surface area contributed by atoms with Crippen LogP contribution in [0.4, 0.5) is 0 Å². The summed E-state index contributed by atoms with van der Waals surface area (Å²) in [5.41, 5.74) is 1.58. The normalized spacial score (nSPS) is 28.3. The first kappa shape index (κ1) is 11.7. The first-order valence-corrected chi connectivity index (χ1v) is 7.66. The Hall–Kier alpha value is -0.380. The van der Waals surface area contributed by atoms with Crippen molar-refractivity contribution in [1.82, 2.24) is 5.32 Å². The standard InChI is InChI=1S/C14H21NOS/c16-13-6-2-1-5-12(13)15-9-11-8-10-4-3-7-14(10)17-11/h8,12-13,15-16H,1-7,9H2/t12-,13-/m0/s1. The lowest BCUT2D eigenvalue weighted by molar-refractivity contribution is 0.0904. The molecular weight excluding hydrogens is 230 g/mol. The summed E-state index contributed by atoms with van der Waals surface area (Å²) in [6.07, 6.45) is 8.32. The van der Waals surface area contributed by atoms with Crippen LogP contribution in [0.2, 0.25) is 0 Å². The van der Waals surface area contributed by atoms with E-state index in [9.17, 15) is 5.11 Å². The van der Waals surface area contributed by atoms with Crippen LogP contribution in [0, 0.1) is 0 Å². The van der Waals surface area contributed by atoms with Gasteiger partial charge in [0.1, 0.15) is 0 Å². The second kappa shape index (κ2) is 5.09. The van der Waals surface area contributed by atoms with E-state index in [-0.39, 0.29) is 6.10 Å². The third kappa shape index (κ3) is 2.56. The molecule has 2 atom stereocenters. The smallest absolute Gasteiger partial charge is 0.0693 e. The molecule has 0 bridgehead atoms. The Morgan fingerprint density at radius 2 is 2.12 bits per heavy atom. The Bertz CT molecular complexity index is 366. The fraction of sp³-hybridized carbons (Fsp3) is 0.714. The van der Waals surface area contributed by atoms with Crippen molar-refractivity contribution in [3.05, 3.63) is 21.4 Å². The van der Waals surface area contributed by atoms with Gasteiger partial charge in [-0.3, -0.25) is 0 Å². The molecule has 94 valence electrons. The van der Waals surface area contributed by atoms with Crippen molar-refractivity contribution in [2.24, 2.45) is 0 Å². The zero-order valence-corrected chi connectivity index (χ0v) is 11.1. The number of hydrogen-bond acceptors (Lipinski definition) is 3. The minimum absolute atomic E-state index is 0.129. The SMILES string of the molecule is O[C@H]1CCCC[C@@H]1NCc1cc2c(s1)CCC2. The molecular formula is C14H21NOS. The highest BCUT2D eigenvalue weighted by atomic mass is 32.1. The fourth-order valence-corrected chi connectivity index (χ4v) is 4.27. The highest BCUT2D eigenvalue weighted by Crippen LogP contribution is 2.30. The van der Waals surface area contributed by atoms with Gasteiger partial charge in [-0.2, -0.15) is 0 Å². The maximum Gasteiger partial charge on any atom is 0.0693 e. The summed E-state index contributed by atoms with van der Waals surface area (Å²) in [4.78, 5) is 3.05. The van der Waals surface area contributed by atoms with Gasteiger partial charge in [0, 0.05) is 22.3 Å². The molecule has 0 amide bonds. The van der Waals surface area contributed by atoms with Crippen LogP contribution in [0.15, 0.2) is 6.07 Å². The third-order valence-corrected chi connectivity index (χ3v) is 5.30. The molecule has 0 aromatic carbocycles. The lowest BCUT2D eigenvalue weighted by atomic mass is 9.92. The number of thiophene rings is 1. The van der Waals surface area contributed by atoms with Gasteiger partial charge in [0.15, 0.2) is 0 Å². The zero-order chi connectivity index (χ0) is 11.7. The number of fused-ring (bicyclic) bond motifs is 1. The van der Waals surface area contributed by atoms with Gasteiger partial charge < -0.3 is 10.4 Å². The molecule has 1 aromatic heterocycles. The van der Waals surface area contributed by atoms with E-state index in [1.165, 1.54) is 37.0 Å². The van der Waals surface area contributed by atoms with Crippen molar-refractivity contribution in [3.63, 3.8) is 0 Å². The molecule has 17 heavy (non-hydrogen) atoms. The maximum atomic E-state index is 9.91. The molecule has 3 rings (SSSR count). The second-order valence-electron chi connectivity index (χ2n) is 5.35. The number of rotatable bonds is 3. The summed E-state index contributed by atoms with van der Waals surface area (Å²) >= 11 is 1.97. The zero-order valence-electron chi connectivity index (χ0n) is 10.2. The minimum Gasteiger partial charge on any atom is -0.392 e. The Morgan fingerprint density at radius 3 is 2.94 bits per heavy atom. The third-order valence-electron chi connectivity index (χ3n) is 4.07. The molecule has 2 aliphatic rings. The topological polar surface area (TPSA) is 32.3 Å². The van der Waals surface area contributed by atoms with Gasteiger partial charge in [-0.25, -0.2) is 0 Å². The molecule has 0 radical (unpaired) electrons. The predicted octanol–water partition coefficient (Wildman–Crippen LogP) is 2.63. The Kier molecular flexibility index (Phi) is 3.50. The van der Waals surface area contributed by atoms with E-state index in [0.717, 1.165) is 19.4 Å². The summed E-state index contributed by atoms with van der Waals surface area (Å²) in [5, 5.41) is 13.4. The van der Waals surface area contributed by atoms with Crippen LogP contribution in [0.3, 0.4) is 0 Å². The van der Waals surface area contributed by atoms with Crippen molar-refractivity contribution < 1.29 is 5.11 Å². The summed E-state index contributed by atoms with van der Waals surface area (Å²) in [7, 11) is 0. The molecule has 1 saturated carbocycles. The van der Waals surface area contributed by atoms with Crippen molar-refractivity contribution in [2.75, 3.05) is 0 Å². The van der Waals surface area contributed by atoms with Crippen molar-refractivity contribution >= 4 is 11.3 Å². The van der Waals surface area contributed by atoms with Crippen LogP contribution in [0.25, 0.3) is 0 Å². The number of aryl methyl sites for hydroxylation is 2. The molecule has 1 aromatic rings. The van der Waals surface area contributed by atoms with Crippen LogP contribution >= 0.6 is 11.3 Å². The van der Waals surface area contributed by atoms with Gasteiger partial charge in [-0.1, -0.05) is 12.8 Å². The van der Waals surface area contributed by atoms with Gasteiger partial charge in [0.05, 0.1) is 6.10 Å². The van der Waals surface area contributed by atoms with E-state index < -0.39 is 0 Å². The van der Waals surface area contributed by atoms with Gasteiger partial charge in [-0.05, 0) is 43.7 Å². The molecule has 0 unspecified atom stereocenters. The van der Waals surface area contributed by atoms with E-state index in [1.807, 2.05) is 11.3 Å². The quantitative estimate of drug-likeness (QED) is 0.865. The Morgan fingerprint density at radius 1 is 1.24 bits per heavy atom. The highest BCUT2D eigenvalue weighted by Gasteiger charge is 2.22. The predicted molar refractivity (Wildman–Crippen MR) is 71.4 cm³/mol. The summed E-state index contributed by atoms with van der Waals surface area (Å²) in [6.45, 7) is 0.944. The maximum absolute atomic E-state index is 9.91. The largest absolute Gasteiger partial charge is 0.392 e. The molecule has 1 fully saturated rings. The van der Waals surface area contributed by atoms with Crippen LogP contribution in [-0.2, 0) is 19.4 Å². The minimum atomic E-state index is -0.129. The van der Waals surface area contributed by atoms with Crippen LogP contribution in [-0.4, -0.2) is 17.3 Å². The molecule has 0 spiro atoms. The second-order valence-corrected chi connectivity index (χ2v) is 6.58. The lowest BCUT2D eigenvalue weighted by Crippen LogP contribution is -2.41. The summed E-state index contributed by atoms with van der Waals surface area (Å²) in [6, 6.07) is 2.69. The van der Waals surface area contributed by atoms with Gasteiger partial charge in [-0.15, -0.1) is 11.3 Å². The van der Waals surface area contributed by atoms with Crippen LogP contribution < -0.4 is 5.32 Å². The molecule has 2 aliphatic carbocycles. The van der Waals surface area contributed by atoms with Crippen LogP contribution in [0.1, 0.15) is 47.4 Å². The fourth-order valence-electron chi connectivity index (χ4n) is 3.06. The lowest BCUT2D eigenvalue weighted by Gasteiger charge is -2.28. The number of aliphatic hydroxyl groups is 1. The van der Waals surface area contributed by atoms with Gasteiger partial charge >= 0.3 is 0 Å². The van der Waals surface area contributed by atoms with E-state index in [0.29, 0.717) is 6.04 Å². The van der Waals surface area contributed by atoms with E-state index in [4.69, 9.17) is 0 Å². The number of nitrogens with one attached hydrogen (secondary N) is 1. The Labute approximate surface area is 107 Å². The van der Waals surface area contributed by atoms with Crippen LogP contribution in [0.5, 0.6) is 0 Å². The van der Waals surface area contributed by atoms with E-state index in [1.54, 1.807) is 10.4 Å². The molecule has 0 saturated heterocycles. The van der Waals surface area contributed by atoms with E-state index in [2.05, 4.69) is 11.4 Å². The molecule has 2 nitrogen and oxygen atoms in total. The van der Waals surface area contributed by atoms with Crippen molar-refractivity contribution in [1.29, 1.82) is 0 Å². The average Bonchev–Trinajstić information content (AvgIpc) is 2.88. The monoisotopic (exact) mass is 251 g/mol. The van der Waals surface area contributed by atoms with E-state index >= 15 is 0 Å². The molecule has 3 heteroatoms. The number of aliphatic hydroxyl groups excluding tert-OH is 1. The molecule has 1 heterocycles. The average molecular weight is 251 g/mol.